The number of aliphatic hydroxyl groups is 1. The predicted octanol–water partition coefficient (Wildman–Crippen LogP) is 3.04. The molecular formula is C29H23ClF4N8O6. The van der Waals surface area contributed by atoms with Crippen LogP contribution in [0.4, 0.5) is 29.2 Å². The van der Waals surface area contributed by atoms with E-state index in [9.17, 15) is 33.0 Å². The molecule has 48 heavy (non-hydrogen) atoms. The van der Waals surface area contributed by atoms with Gasteiger partial charge in [-0.3, -0.25) is 14.5 Å². The number of hydrogen-bond acceptors (Lipinski definition) is 11. The number of morpholine rings is 1. The second-order valence-corrected chi connectivity index (χ2v) is 11.2. The number of carbonyl (C=O) groups excluding carboxylic acids is 2. The largest absolute Gasteiger partial charge is 0.507 e. The first-order chi connectivity index (χ1) is 22.7. The van der Waals surface area contributed by atoms with E-state index in [1.165, 1.54) is 36.4 Å². The number of phenols is 1. The maximum absolute atomic E-state index is 15.3. The van der Waals surface area contributed by atoms with E-state index in [2.05, 4.69) is 25.8 Å². The third-order valence-electron chi connectivity index (χ3n) is 7.51. The molecule has 0 aliphatic carbocycles. The number of benzene rings is 2. The molecular weight excluding hydrogens is 668 g/mol. The van der Waals surface area contributed by atoms with Crippen molar-refractivity contribution in [2.75, 3.05) is 30.3 Å². The van der Waals surface area contributed by atoms with Crippen molar-refractivity contribution < 1.29 is 46.6 Å². The molecule has 2 aromatic carbocycles. The van der Waals surface area contributed by atoms with E-state index in [0.717, 1.165) is 22.0 Å². The lowest BCUT2D eigenvalue weighted by atomic mass is 9.86. The summed E-state index contributed by atoms with van der Waals surface area (Å²) in [6.45, 7) is -1.12. The number of nitrogens with one attached hydrogen (secondary N) is 1. The van der Waals surface area contributed by atoms with Gasteiger partial charge in [0.25, 0.3) is 11.8 Å². The van der Waals surface area contributed by atoms with Crippen molar-refractivity contribution in [2.24, 2.45) is 0 Å². The number of nitrogen functional groups attached to an aromatic ring is 1. The molecule has 6 rings (SSSR count). The highest BCUT2D eigenvalue weighted by Crippen LogP contribution is 2.34. The predicted molar refractivity (Wildman–Crippen MR) is 159 cm³/mol. The van der Waals surface area contributed by atoms with Crippen LogP contribution >= 0.6 is 11.6 Å². The summed E-state index contributed by atoms with van der Waals surface area (Å²) in [7, 11) is 0. The molecule has 5 N–H and O–H groups in total. The number of aromatic nitrogens is 5. The first kappa shape index (κ1) is 32.6. The first-order valence-corrected chi connectivity index (χ1v) is 14.3. The number of aromatic hydroxyl groups is 1. The van der Waals surface area contributed by atoms with Gasteiger partial charge in [0, 0.05) is 6.42 Å². The average molecular weight is 691 g/mol. The fourth-order valence-corrected chi connectivity index (χ4v) is 5.59. The highest BCUT2D eigenvalue weighted by atomic mass is 35.5. The maximum atomic E-state index is 15.3. The number of rotatable bonds is 8. The third kappa shape index (κ3) is 6.19. The molecule has 19 heteroatoms. The summed E-state index contributed by atoms with van der Waals surface area (Å²) in [5.41, 5.74) is 2.28. The summed E-state index contributed by atoms with van der Waals surface area (Å²) in [5.74, 6) is -3.74. The molecule has 5 aromatic rings. The van der Waals surface area contributed by atoms with Gasteiger partial charge in [-0.2, -0.15) is 18.3 Å². The van der Waals surface area contributed by atoms with E-state index < -0.39 is 60.0 Å². The SMILES string of the molecule is Nc1noc2cc(CC(O)(CNC(=O)c3ccccc3O)[C@H]3OCCN(c4nn(-c5cnnc(C(F)(F)F)c5)cc4F)C3=O)cc(Cl)c12. The van der Waals surface area contributed by atoms with Gasteiger partial charge in [0.05, 0.1) is 53.7 Å². The third-order valence-corrected chi connectivity index (χ3v) is 7.80. The standard InChI is InChI=1S/C29H23ClF4N8O6/c30-17-7-14(8-20-22(17)24(35)40-48-20)10-28(46,13-36-26(44)16-3-1-2-4-19(16)43)23-27(45)41(5-6-47-23)25-18(31)12-42(39-25)15-9-21(29(32,33)34)38-37-11-15/h1-4,7-9,11-12,23,43,46H,5-6,10,13H2,(H2,35,40)(H,36,44)/t23-,28?/m0/s1. The Morgan fingerprint density at radius 3 is 2.73 bits per heavy atom. The first-order valence-electron chi connectivity index (χ1n) is 14.0. The van der Waals surface area contributed by atoms with Crippen LogP contribution in [0.2, 0.25) is 5.02 Å². The summed E-state index contributed by atoms with van der Waals surface area (Å²) in [6, 6.07) is 9.14. The van der Waals surface area contributed by atoms with Crippen molar-refractivity contribution in [3.8, 4) is 11.4 Å². The van der Waals surface area contributed by atoms with E-state index in [-0.39, 0.29) is 46.6 Å². The van der Waals surface area contributed by atoms with E-state index in [4.69, 9.17) is 26.6 Å². The van der Waals surface area contributed by atoms with Crippen LogP contribution in [0.15, 0.2) is 59.4 Å². The summed E-state index contributed by atoms with van der Waals surface area (Å²) < 4.78 is 66.5. The van der Waals surface area contributed by atoms with Gasteiger partial charge < -0.3 is 30.5 Å². The van der Waals surface area contributed by atoms with Gasteiger partial charge >= 0.3 is 6.18 Å². The van der Waals surface area contributed by atoms with Crippen LogP contribution in [0.25, 0.3) is 16.7 Å². The van der Waals surface area contributed by atoms with Gasteiger partial charge in [0.1, 0.15) is 11.4 Å². The van der Waals surface area contributed by atoms with E-state index in [1.807, 2.05) is 0 Å². The Balaban J connectivity index is 1.33. The number of para-hydroxylation sites is 1. The Labute approximate surface area is 271 Å². The molecule has 0 saturated carbocycles. The average Bonchev–Trinajstić information content (AvgIpc) is 3.62. The zero-order valence-corrected chi connectivity index (χ0v) is 25.0. The van der Waals surface area contributed by atoms with E-state index in [1.54, 1.807) is 0 Å². The fourth-order valence-electron chi connectivity index (χ4n) is 5.26. The second kappa shape index (κ2) is 12.4. The van der Waals surface area contributed by atoms with Gasteiger partial charge in [-0.1, -0.05) is 28.9 Å². The Morgan fingerprint density at radius 1 is 1.21 bits per heavy atom. The number of alkyl halides is 3. The summed E-state index contributed by atoms with van der Waals surface area (Å²) in [6.07, 6.45) is -5.31. The minimum absolute atomic E-state index is 0.0202. The Bertz CT molecular complexity index is 2040. The summed E-state index contributed by atoms with van der Waals surface area (Å²) >= 11 is 6.40. The van der Waals surface area contributed by atoms with Crippen molar-refractivity contribution >= 4 is 46.0 Å². The van der Waals surface area contributed by atoms with Crippen molar-refractivity contribution in [2.45, 2.75) is 24.3 Å². The summed E-state index contributed by atoms with van der Waals surface area (Å²) in [4.78, 5) is 27.8. The molecule has 3 aromatic heterocycles. The fraction of sp³-hybridized carbons (Fsp3) is 0.241. The highest BCUT2D eigenvalue weighted by Gasteiger charge is 2.48. The number of ether oxygens (including phenoxy) is 1. The van der Waals surface area contributed by atoms with E-state index >= 15 is 4.39 Å². The monoisotopic (exact) mass is 690 g/mol. The minimum atomic E-state index is -4.83. The lowest BCUT2D eigenvalue weighted by molar-refractivity contribution is -0.157. The number of hydrogen-bond donors (Lipinski definition) is 4. The van der Waals surface area contributed by atoms with Crippen LogP contribution in [0.5, 0.6) is 5.75 Å². The van der Waals surface area contributed by atoms with Gasteiger partial charge in [0.2, 0.25) is 0 Å². The molecule has 4 heterocycles. The molecule has 1 aliphatic heterocycles. The van der Waals surface area contributed by atoms with Crippen molar-refractivity contribution in [1.82, 2.24) is 30.5 Å². The number of nitrogens with two attached hydrogens (primary N) is 1. The number of fused-ring (bicyclic) bond motifs is 1. The highest BCUT2D eigenvalue weighted by molar-refractivity contribution is 6.36. The van der Waals surface area contributed by atoms with E-state index in [0.29, 0.717) is 17.0 Å². The van der Waals surface area contributed by atoms with Gasteiger partial charge in [0.15, 0.2) is 34.8 Å². The number of nitrogens with zero attached hydrogens (tertiary/aromatic N) is 6. The van der Waals surface area contributed by atoms with Crippen LogP contribution in [0.3, 0.4) is 0 Å². The van der Waals surface area contributed by atoms with Crippen LogP contribution in [0, 0.1) is 5.82 Å². The Morgan fingerprint density at radius 2 is 1.98 bits per heavy atom. The van der Waals surface area contributed by atoms with Gasteiger partial charge in [-0.25, -0.2) is 9.07 Å². The summed E-state index contributed by atoms with van der Waals surface area (Å²) in [5, 5.41) is 39.2. The molecule has 14 nitrogen and oxygen atoms in total. The lowest BCUT2D eigenvalue weighted by Crippen LogP contribution is -2.63. The molecule has 1 unspecified atom stereocenters. The molecule has 2 atom stereocenters. The van der Waals surface area contributed by atoms with Crippen LogP contribution in [-0.4, -0.2) is 78.6 Å². The number of carbonyl (C=O) groups is 2. The Hall–Kier alpha value is -5.33. The van der Waals surface area contributed by atoms with Crippen LogP contribution in [-0.2, 0) is 22.1 Å². The molecule has 1 aliphatic rings. The van der Waals surface area contributed by atoms with Crippen molar-refractivity contribution in [3.05, 3.63) is 82.5 Å². The quantitative estimate of drug-likeness (QED) is 0.175. The molecule has 250 valence electrons. The zero-order chi connectivity index (χ0) is 34.4. The molecule has 2 amide bonds. The van der Waals surface area contributed by atoms with Crippen molar-refractivity contribution in [3.63, 3.8) is 0 Å². The maximum Gasteiger partial charge on any atom is 0.435 e. The molecule has 1 saturated heterocycles. The second-order valence-electron chi connectivity index (χ2n) is 10.8. The normalized spacial score (nSPS) is 16.7. The number of amides is 2. The van der Waals surface area contributed by atoms with Crippen LogP contribution in [0.1, 0.15) is 21.6 Å². The molecule has 0 radical (unpaired) electrons. The lowest BCUT2D eigenvalue weighted by Gasteiger charge is -2.40. The number of halogens is 5. The topological polar surface area (TPSA) is 195 Å². The van der Waals surface area contributed by atoms with Crippen molar-refractivity contribution in [1.29, 1.82) is 0 Å². The van der Waals surface area contributed by atoms with Crippen LogP contribution < -0.4 is 16.0 Å². The molecule has 1 fully saturated rings. The smallest absolute Gasteiger partial charge is 0.435 e. The minimum Gasteiger partial charge on any atom is -0.507 e. The van der Waals surface area contributed by atoms with Gasteiger partial charge in [-0.05, 0) is 35.9 Å². The molecule has 0 bridgehead atoms. The Kier molecular flexibility index (Phi) is 8.40. The zero-order valence-electron chi connectivity index (χ0n) is 24.3. The van der Waals surface area contributed by atoms with Gasteiger partial charge in [-0.15, -0.1) is 10.2 Å². The molecule has 0 spiro atoms. The number of anilines is 2. The number of phenolic OH excluding ortho intramolecular Hbond substituents is 1.